The van der Waals surface area contributed by atoms with Gasteiger partial charge in [0.2, 0.25) is 0 Å². The van der Waals surface area contributed by atoms with Gasteiger partial charge < -0.3 is 4.74 Å². The number of hydrogen-bond acceptors (Lipinski definition) is 5. The lowest BCUT2D eigenvalue weighted by Crippen LogP contribution is -2.32. The molecular formula is C21H23NO5. The van der Waals surface area contributed by atoms with E-state index in [1.165, 1.54) is 0 Å². The molecule has 0 saturated heterocycles. The van der Waals surface area contributed by atoms with Crippen LogP contribution in [0.3, 0.4) is 0 Å². The fourth-order valence-corrected chi connectivity index (χ4v) is 3.15. The van der Waals surface area contributed by atoms with Crippen LogP contribution in [-0.2, 0) is 36.0 Å². The van der Waals surface area contributed by atoms with E-state index in [1.54, 1.807) is 26.8 Å². The van der Waals surface area contributed by atoms with Crippen molar-refractivity contribution in [2.24, 2.45) is 0 Å². The predicted molar refractivity (Wildman–Crippen MR) is 98.1 cm³/mol. The van der Waals surface area contributed by atoms with E-state index in [0.29, 0.717) is 24.2 Å². The van der Waals surface area contributed by atoms with E-state index < -0.39 is 11.3 Å². The first-order valence-corrected chi connectivity index (χ1v) is 9.04. The maximum Gasteiger partial charge on any atom is 0.315 e. The average Bonchev–Trinajstić information content (AvgIpc) is 2.91. The Kier molecular flexibility index (Phi) is 5.28. The molecule has 0 aromatic heterocycles. The van der Waals surface area contributed by atoms with Gasteiger partial charge in [-0.1, -0.05) is 36.4 Å². The van der Waals surface area contributed by atoms with Crippen LogP contribution in [0, 0.1) is 0 Å². The van der Waals surface area contributed by atoms with Crippen LogP contribution < -0.4 is 0 Å². The molecule has 2 aliphatic rings. The molecule has 0 N–H and O–H groups in total. The summed E-state index contributed by atoms with van der Waals surface area (Å²) in [5.41, 5.74) is 1.66. The number of benzene rings is 1. The van der Waals surface area contributed by atoms with E-state index in [9.17, 15) is 14.4 Å². The van der Waals surface area contributed by atoms with Gasteiger partial charge in [-0.2, -0.15) is 0 Å². The fourth-order valence-electron chi connectivity index (χ4n) is 3.15. The number of nitrogens with zero attached hydrogens (tertiary/aromatic N) is 1. The molecule has 0 bridgehead atoms. The summed E-state index contributed by atoms with van der Waals surface area (Å²) in [7, 11) is 0. The summed E-state index contributed by atoms with van der Waals surface area (Å²) in [5.74, 6) is -1.12. The van der Waals surface area contributed by atoms with Crippen LogP contribution in [0.1, 0.15) is 44.7 Å². The Morgan fingerprint density at radius 1 is 1.22 bits per heavy atom. The second-order valence-electron chi connectivity index (χ2n) is 7.06. The van der Waals surface area contributed by atoms with Gasteiger partial charge in [0.25, 0.3) is 11.8 Å². The van der Waals surface area contributed by atoms with Crippen molar-refractivity contribution < 1.29 is 24.0 Å². The summed E-state index contributed by atoms with van der Waals surface area (Å²) in [6.45, 7) is 5.72. The molecule has 1 aromatic carbocycles. The van der Waals surface area contributed by atoms with Crippen LogP contribution >= 0.6 is 0 Å². The van der Waals surface area contributed by atoms with E-state index in [0.717, 1.165) is 22.6 Å². The van der Waals surface area contributed by atoms with Crippen molar-refractivity contribution in [3.63, 3.8) is 0 Å². The van der Waals surface area contributed by atoms with Crippen LogP contribution in [0.2, 0.25) is 0 Å². The van der Waals surface area contributed by atoms with E-state index in [4.69, 9.17) is 9.57 Å². The van der Waals surface area contributed by atoms with Crippen LogP contribution in [-0.4, -0.2) is 29.5 Å². The van der Waals surface area contributed by atoms with Gasteiger partial charge in [-0.3, -0.25) is 19.2 Å². The molecule has 1 aliphatic heterocycles. The third-order valence-electron chi connectivity index (χ3n) is 4.82. The third-order valence-corrected chi connectivity index (χ3v) is 4.82. The third kappa shape index (κ3) is 3.57. The van der Waals surface area contributed by atoms with E-state index in [2.05, 4.69) is 0 Å². The number of amides is 2. The van der Waals surface area contributed by atoms with Gasteiger partial charge >= 0.3 is 5.97 Å². The molecule has 27 heavy (non-hydrogen) atoms. The van der Waals surface area contributed by atoms with Crippen molar-refractivity contribution in [1.29, 1.82) is 0 Å². The number of carbonyl (C=O) groups is 3. The highest BCUT2D eigenvalue weighted by Gasteiger charge is 2.38. The minimum atomic E-state index is -0.809. The monoisotopic (exact) mass is 369 g/mol. The maximum atomic E-state index is 12.4. The Labute approximate surface area is 158 Å². The number of carbonyl (C=O) groups excluding carboxylic acids is 3. The van der Waals surface area contributed by atoms with Crippen molar-refractivity contribution in [1.82, 2.24) is 5.06 Å². The highest BCUT2D eigenvalue weighted by Crippen LogP contribution is 2.30. The minimum Gasteiger partial charge on any atom is -0.465 e. The van der Waals surface area contributed by atoms with Gasteiger partial charge in [0.1, 0.15) is 6.61 Å². The first-order chi connectivity index (χ1) is 12.9. The largest absolute Gasteiger partial charge is 0.465 e. The zero-order valence-corrected chi connectivity index (χ0v) is 15.8. The molecule has 6 heteroatoms. The van der Waals surface area contributed by atoms with E-state index >= 15 is 0 Å². The molecule has 0 saturated carbocycles. The second kappa shape index (κ2) is 7.48. The number of hydroxylamine groups is 2. The Morgan fingerprint density at radius 3 is 2.70 bits per heavy atom. The molecular weight excluding hydrogens is 346 g/mol. The molecule has 0 unspecified atom stereocenters. The minimum absolute atomic E-state index is 0.0501. The molecule has 6 nitrogen and oxygen atoms in total. The van der Waals surface area contributed by atoms with Gasteiger partial charge in [-0.25, -0.2) is 0 Å². The molecule has 0 fully saturated rings. The van der Waals surface area contributed by atoms with Gasteiger partial charge in [0, 0.05) is 5.57 Å². The SMILES string of the molecule is CCOC(=O)C(C)(C)c1cccc(CON2C(=O)C3=C(CCC=C3)C2=O)c1. The molecule has 142 valence electrons. The molecule has 1 aliphatic carbocycles. The van der Waals surface area contributed by atoms with Crippen LogP contribution in [0.25, 0.3) is 0 Å². The number of allylic oxidation sites excluding steroid dienone is 1. The Balaban J connectivity index is 1.71. The van der Waals surface area contributed by atoms with Crippen LogP contribution in [0.5, 0.6) is 0 Å². The molecule has 0 spiro atoms. The van der Waals surface area contributed by atoms with Crippen molar-refractivity contribution in [3.05, 3.63) is 58.7 Å². The smallest absolute Gasteiger partial charge is 0.315 e. The lowest BCUT2D eigenvalue weighted by atomic mass is 9.84. The molecule has 1 heterocycles. The summed E-state index contributed by atoms with van der Waals surface area (Å²) in [6.07, 6.45) is 4.87. The average molecular weight is 369 g/mol. The highest BCUT2D eigenvalue weighted by molar-refractivity contribution is 6.20. The Morgan fingerprint density at radius 2 is 2.00 bits per heavy atom. The van der Waals surface area contributed by atoms with Crippen molar-refractivity contribution in [2.45, 2.75) is 45.6 Å². The summed E-state index contributed by atoms with van der Waals surface area (Å²) in [4.78, 5) is 42.5. The number of imide groups is 1. The van der Waals surface area contributed by atoms with Gasteiger partial charge in [0.15, 0.2) is 0 Å². The zero-order valence-electron chi connectivity index (χ0n) is 15.8. The first-order valence-electron chi connectivity index (χ1n) is 9.04. The normalized spacial score (nSPS) is 16.8. The van der Waals surface area contributed by atoms with Gasteiger partial charge in [-0.05, 0) is 44.7 Å². The lowest BCUT2D eigenvalue weighted by Gasteiger charge is -2.23. The quantitative estimate of drug-likeness (QED) is 0.569. The summed E-state index contributed by atoms with van der Waals surface area (Å²) in [5, 5.41) is 0.837. The lowest BCUT2D eigenvalue weighted by molar-refractivity contribution is -0.190. The van der Waals surface area contributed by atoms with E-state index in [-0.39, 0.29) is 18.5 Å². The molecule has 3 rings (SSSR count). The molecule has 0 atom stereocenters. The zero-order chi connectivity index (χ0) is 19.6. The summed E-state index contributed by atoms with van der Waals surface area (Å²) < 4.78 is 5.14. The first kappa shape index (κ1) is 19.0. The van der Waals surface area contributed by atoms with Gasteiger partial charge in [-0.15, -0.1) is 5.06 Å². The number of hydrogen-bond donors (Lipinski definition) is 0. The molecule has 1 aromatic rings. The maximum absolute atomic E-state index is 12.4. The van der Waals surface area contributed by atoms with E-state index in [1.807, 2.05) is 30.3 Å². The van der Waals surface area contributed by atoms with Crippen LogP contribution in [0.4, 0.5) is 0 Å². The highest BCUT2D eigenvalue weighted by atomic mass is 16.7. The fraction of sp³-hybridized carbons (Fsp3) is 0.381. The van der Waals surface area contributed by atoms with Crippen LogP contribution in [0.15, 0.2) is 47.6 Å². The van der Waals surface area contributed by atoms with Crippen molar-refractivity contribution in [3.8, 4) is 0 Å². The molecule has 0 radical (unpaired) electrons. The summed E-state index contributed by atoms with van der Waals surface area (Å²) in [6, 6.07) is 7.31. The van der Waals surface area contributed by atoms with Crippen molar-refractivity contribution >= 4 is 17.8 Å². The standard InChI is InChI=1S/C21H23NO5/c1-4-26-20(25)21(2,3)15-9-7-8-14(12-15)13-27-22-18(23)16-10-5-6-11-17(16)19(22)24/h5,7-10,12H,4,6,11,13H2,1-3H3. The Bertz CT molecular complexity index is 850. The predicted octanol–water partition coefficient (Wildman–Crippen LogP) is 2.97. The molecule has 2 amide bonds. The number of ether oxygens (including phenoxy) is 1. The Hall–Kier alpha value is -2.73. The number of esters is 1. The van der Waals surface area contributed by atoms with Gasteiger partial charge in [0.05, 0.1) is 17.6 Å². The van der Waals surface area contributed by atoms with Crippen molar-refractivity contribution in [2.75, 3.05) is 6.61 Å². The topological polar surface area (TPSA) is 72.9 Å². The second-order valence-corrected chi connectivity index (χ2v) is 7.06. The number of rotatable bonds is 6. The summed E-state index contributed by atoms with van der Waals surface area (Å²) >= 11 is 0.